The van der Waals surface area contributed by atoms with Crippen molar-refractivity contribution in [3.8, 4) is 0 Å². The fraction of sp³-hybridized carbons (Fsp3) is 0.444. The molecule has 1 N–H and O–H groups in total. The number of hydrogen-bond donors (Lipinski definition) is 1. The first-order chi connectivity index (χ1) is 11.5. The maximum absolute atomic E-state index is 12.6. The second kappa shape index (κ2) is 7.30. The van der Waals surface area contributed by atoms with E-state index in [0.29, 0.717) is 12.4 Å². The number of amides is 1. The van der Waals surface area contributed by atoms with E-state index in [1.165, 1.54) is 0 Å². The van der Waals surface area contributed by atoms with Crippen LogP contribution in [0.2, 0.25) is 0 Å². The molecule has 1 aliphatic rings. The van der Waals surface area contributed by atoms with E-state index in [4.69, 9.17) is 4.42 Å². The maximum atomic E-state index is 12.6. The summed E-state index contributed by atoms with van der Waals surface area (Å²) in [5, 5.41) is 3.33. The lowest BCUT2D eigenvalue weighted by Gasteiger charge is -2.26. The predicted octanol–water partition coefficient (Wildman–Crippen LogP) is 3.40. The highest BCUT2D eigenvalue weighted by Crippen LogP contribution is 2.20. The molecule has 0 atom stereocenters. The number of oxazole rings is 1. The number of nitrogens with one attached hydrogen (secondary N) is 1. The van der Waals surface area contributed by atoms with Crippen LogP contribution < -0.4 is 5.32 Å². The third-order valence-corrected chi connectivity index (χ3v) is 5.22. The molecular formula is C18H23N3O2S. The number of thioether (sulfide) groups is 1. The van der Waals surface area contributed by atoms with Gasteiger partial charge in [0.25, 0.3) is 5.91 Å². The second-order valence-corrected chi connectivity index (χ2v) is 7.26. The lowest BCUT2D eigenvalue weighted by Crippen LogP contribution is -2.37. The van der Waals surface area contributed by atoms with Crippen LogP contribution in [0.3, 0.4) is 0 Å². The molecule has 24 heavy (non-hydrogen) atoms. The fourth-order valence-electron chi connectivity index (χ4n) is 2.73. The lowest BCUT2D eigenvalue weighted by atomic mass is 10.1. The Labute approximate surface area is 146 Å². The summed E-state index contributed by atoms with van der Waals surface area (Å²) in [4.78, 5) is 18.9. The minimum atomic E-state index is 0.129. The van der Waals surface area contributed by atoms with Crippen LogP contribution in [0.5, 0.6) is 0 Å². The first-order valence-electron chi connectivity index (χ1n) is 8.19. The number of nitrogens with zero attached hydrogens (tertiary/aromatic N) is 2. The van der Waals surface area contributed by atoms with Crippen molar-refractivity contribution in [2.45, 2.75) is 27.3 Å². The Bertz CT molecular complexity index is 716. The van der Waals surface area contributed by atoms with Crippen LogP contribution in [0.4, 0.5) is 5.69 Å². The molecule has 128 valence electrons. The smallest absolute Gasteiger partial charge is 0.253 e. The van der Waals surface area contributed by atoms with Crippen LogP contribution in [-0.2, 0) is 6.54 Å². The molecule has 1 aromatic carbocycles. The molecule has 0 unspecified atom stereocenters. The largest absolute Gasteiger partial charge is 0.444 e. The molecule has 0 bridgehead atoms. The number of rotatable bonds is 4. The topological polar surface area (TPSA) is 58.4 Å². The van der Waals surface area contributed by atoms with Crippen molar-refractivity contribution < 1.29 is 9.21 Å². The molecule has 0 spiro atoms. The number of aryl methyl sites for hydroxylation is 3. The number of anilines is 1. The highest BCUT2D eigenvalue weighted by Gasteiger charge is 2.18. The van der Waals surface area contributed by atoms with E-state index in [0.717, 1.165) is 52.9 Å². The van der Waals surface area contributed by atoms with Gasteiger partial charge >= 0.3 is 0 Å². The average molecular weight is 345 g/mol. The number of carbonyl (C=O) groups excluding carboxylic acids is 1. The van der Waals surface area contributed by atoms with Crippen molar-refractivity contribution in [2.75, 3.05) is 29.9 Å². The van der Waals surface area contributed by atoms with Gasteiger partial charge in [0, 0.05) is 35.8 Å². The fourth-order valence-corrected chi connectivity index (χ4v) is 3.63. The van der Waals surface area contributed by atoms with Gasteiger partial charge in [0.05, 0.1) is 12.2 Å². The van der Waals surface area contributed by atoms with Gasteiger partial charge in [-0.05, 0) is 44.5 Å². The molecule has 2 heterocycles. The van der Waals surface area contributed by atoms with Crippen molar-refractivity contribution >= 4 is 23.4 Å². The Morgan fingerprint density at radius 3 is 2.67 bits per heavy atom. The Kier molecular flexibility index (Phi) is 5.14. The van der Waals surface area contributed by atoms with Crippen LogP contribution in [0.1, 0.15) is 33.3 Å². The quantitative estimate of drug-likeness (QED) is 0.920. The van der Waals surface area contributed by atoms with Crippen molar-refractivity contribution in [1.29, 1.82) is 0 Å². The van der Waals surface area contributed by atoms with E-state index in [2.05, 4.69) is 10.3 Å². The molecule has 0 saturated carbocycles. The molecule has 3 rings (SSSR count). The minimum Gasteiger partial charge on any atom is -0.444 e. The summed E-state index contributed by atoms with van der Waals surface area (Å²) in [6, 6.07) is 5.81. The molecule has 0 aliphatic carbocycles. The van der Waals surface area contributed by atoms with Gasteiger partial charge < -0.3 is 14.6 Å². The van der Waals surface area contributed by atoms with Gasteiger partial charge in [0.1, 0.15) is 5.76 Å². The zero-order valence-electron chi connectivity index (χ0n) is 14.4. The van der Waals surface area contributed by atoms with E-state index in [1.54, 1.807) is 0 Å². The monoisotopic (exact) mass is 345 g/mol. The molecule has 2 aromatic rings. The summed E-state index contributed by atoms with van der Waals surface area (Å²) >= 11 is 1.91. The van der Waals surface area contributed by atoms with E-state index >= 15 is 0 Å². The van der Waals surface area contributed by atoms with Crippen LogP contribution in [0.15, 0.2) is 22.6 Å². The number of benzene rings is 1. The van der Waals surface area contributed by atoms with E-state index < -0.39 is 0 Å². The summed E-state index contributed by atoms with van der Waals surface area (Å²) in [5.41, 5.74) is 3.72. The maximum Gasteiger partial charge on any atom is 0.253 e. The lowest BCUT2D eigenvalue weighted by molar-refractivity contribution is 0.0772. The second-order valence-electron chi connectivity index (χ2n) is 6.04. The van der Waals surface area contributed by atoms with Gasteiger partial charge in [-0.25, -0.2) is 4.98 Å². The van der Waals surface area contributed by atoms with Crippen LogP contribution in [0.25, 0.3) is 0 Å². The normalized spacial score (nSPS) is 14.7. The third-order valence-electron chi connectivity index (χ3n) is 4.27. The van der Waals surface area contributed by atoms with Gasteiger partial charge in [0.2, 0.25) is 5.89 Å². The van der Waals surface area contributed by atoms with E-state index in [-0.39, 0.29) is 5.91 Å². The van der Waals surface area contributed by atoms with Crippen molar-refractivity contribution in [1.82, 2.24) is 9.88 Å². The van der Waals surface area contributed by atoms with Crippen LogP contribution in [-0.4, -0.2) is 40.4 Å². The average Bonchev–Trinajstić information content (AvgIpc) is 2.92. The summed E-state index contributed by atoms with van der Waals surface area (Å²) < 4.78 is 5.58. The van der Waals surface area contributed by atoms with Gasteiger partial charge in [-0.3, -0.25) is 4.79 Å². The van der Waals surface area contributed by atoms with Crippen molar-refractivity contribution in [3.63, 3.8) is 0 Å². The van der Waals surface area contributed by atoms with Crippen LogP contribution >= 0.6 is 11.8 Å². The summed E-state index contributed by atoms with van der Waals surface area (Å²) in [5.74, 6) is 3.71. The standard InChI is InChI=1S/C18H23N3O2S/c1-12-10-15(18(22)21-6-8-24-9-7-21)4-5-16(12)19-11-17-20-13(2)14(3)23-17/h4-5,10,19H,6-9,11H2,1-3H3. The SMILES string of the molecule is Cc1cc(C(=O)N2CCSCC2)ccc1NCc1nc(C)c(C)o1. The van der Waals surface area contributed by atoms with Gasteiger partial charge in [-0.2, -0.15) is 11.8 Å². The van der Waals surface area contributed by atoms with Gasteiger partial charge in [-0.1, -0.05) is 0 Å². The summed E-state index contributed by atoms with van der Waals surface area (Å²) in [6.45, 7) is 8.07. The Balaban J connectivity index is 1.66. The van der Waals surface area contributed by atoms with Crippen molar-refractivity contribution in [3.05, 3.63) is 46.7 Å². The molecular weight excluding hydrogens is 322 g/mol. The Hall–Kier alpha value is -1.95. The molecule has 1 amide bonds. The third kappa shape index (κ3) is 3.75. The van der Waals surface area contributed by atoms with Crippen molar-refractivity contribution in [2.24, 2.45) is 0 Å². The molecule has 1 aromatic heterocycles. The summed E-state index contributed by atoms with van der Waals surface area (Å²) in [7, 11) is 0. The Morgan fingerprint density at radius 2 is 2.04 bits per heavy atom. The first-order valence-corrected chi connectivity index (χ1v) is 9.34. The van der Waals surface area contributed by atoms with Crippen LogP contribution in [0, 0.1) is 20.8 Å². The molecule has 6 heteroatoms. The molecule has 1 fully saturated rings. The molecule has 1 aliphatic heterocycles. The molecule has 0 radical (unpaired) electrons. The molecule has 1 saturated heterocycles. The zero-order valence-corrected chi connectivity index (χ0v) is 15.2. The minimum absolute atomic E-state index is 0.129. The number of carbonyl (C=O) groups is 1. The number of hydrogen-bond acceptors (Lipinski definition) is 5. The highest BCUT2D eigenvalue weighted by molar-refractivity contribution is 7.99. The summed E-state index contributed by atoms with van der Waals surface area (Å²) in [6.07, 6.45) is 0. The van der Waals surface area contributed by atoms with Gasteiger partial charge in [-0.15, -0.1) is 0 Å². The van der Waals surface area contributed by atoms with E-state index in [1.807, 2.05) is 55.6 Å². The highest BCUT2D eigenvalue weighted by atomic mass is 32.2. The zero-order chi connectivity index (χ0) is 17.1. The first kappa shape index (κ1) is 16.9. The Morgan fingerprint density at radius 1 is 1.29 bits per heavy atom. The van der Waals surface area contributed by atoms with E-state index in [9.17, 15) is 4.79 Å². The van der Waals surface area contributed by atoms with Gasteiger partial charge in [0.15, 0.2) is 0 Å². The number of aromatic nitrogens is 1. The molecule has 5 nitrogen and oxygen atoms in total. The predicted molar refractivity (Wildman–Crippen MR) is 97.7 cm³/mol.